The lowest BCUT2D eigenvalue weighted by atomic mass is 10.1. The Bertz CT molecular complexity index is 1110. The van der Waals surface area contributed by atoms with E-state index in [4.69, 9.17) is 16.3 Å². The van der Waals surface area contributed by atoms with Crippen LogP contribution in [0.25, 0.3) is 0 Å². The highest BCUT2D eigenvalue weighted by Gasteiger charge is 2.18. The third-order valence-corrected chi connectivity index (χ3v) is 5.13. The molecule has 1 heterocycles. The molecule has 3 aromatic rings. The summed E-state index contributed by atoms with van der Waals surface area (Å²) >= 11 is 6.20. The molecule has 0 bridgehead atoms. The normalized spacial score (nSPS) is 10.7. The minimum atomic E-state index is -0.469. The Morgan fingerprint density at radius 2 is 2.06 bits per heavy atom. The lowest BCUT2D eigenvalue weighted by molar-refractivity contribution is -0.386. The van der Waals surface area contributed by atoms with Gasteiger partial charge in [0.15, 0.2) is 5.75 Å². The first-order valence-electron chi connectivity index (χ1n) is 9.72. The van der Waals surface area contributed by atoms with Crippen LogP contribution in [-0.2, 0) is 19.7 Å². The molecule has 0 aliphatic heterocycles. The number of ether oxygens (including phenoxy) is 1. The van der Waals surface area contributed by atoms with Gasteiger partial charge in [-0.15, -0.1) is 0 Å². The number of hydrogen-bond donors (Lipinski definition) is 0. The van der Waals surface area contributed by atoms with Gasteiger partial charge in [-0.05, 0) is 43.2 Å². The molecule has 0 unspecified atom stereocenters. The molecule has 0 fully saturated rings. The predicted molar refractivity (Wildman–Crippen MR) is 117 cm³/mol. The van der Waals surface area contributed by atoms with Gasteiger partial charge in [-0.25, -0.2) is 0 Å². The molecule has 2 aromatic carbocycles. The smallest absolute Gasteiger partial charge is 0.311 e. The average Bonchev–Trinajstić information content (AvgIpc) is 3.11. The SMILES string of the molecule is CCn1ncc(Cl)c1CN(C)C(=O)c1cccc(COc2ccc(C)cc2[N+](=O)[O-])c1. The van der Waals surface area contributed by atoms with Crippen LogP contribution >= 0.6 is 11.6 Å². The van der Waals surface area contributed by atoms with E-state index in [9.17, 15) is 14.9 Å². The molecular formula is C22H23ClN4O4. The van der Waals surface area contributed by atoms with Crippen LogP contribution in [0.4, 0.5) is 5.69 Å². The molecule has 8 nitrogen and oxygen atoms in total. The molecule has 0 saturated carbocycles. The van der Waals surface area contributed by atoms with Crippen molar-refractivity contribution >= 4 is 23.2 Å². The summed E-state index contributed by atoms with van der Waals surface area (Å²) in [5.74, 6) is 0.00926. The van der Waals surface area contributed by atoms with Gasteiger partial charge < -0.3 is 9.64 Å². The number of nitrogens with zero attached hydrogens (tertiary/aromatic N) is 4. The number of nitro benzene ring substituents is 1. The number of benzene rings is 2. The quantitative estimate of drug-likeness (QED) is 0.375. The summed E-state index contributed by atoms with van der Waals surface area (Å²) in [5, 5.41) is 16.0. The first-order chi connectivity index (χ1) is 14.8. The van der Waals surface area contributed by atoms with Crippen molar-refractivity contribution in [2.45, 2.75) is 33.5 Å². The van der Waals surface area contributed by atoms with Crippen LogP contribution in [0.3, 0.4) is 0 Å². The van der Waals surface area contributed by atoms with E-state index >= 15 is 0 Å². The summed E-state index contributed by atoms with van der Waals surface area (Å²) < 4.78 is 7.43. The molecule has 0 atom stereocenters. The van der Waals surface area contributed by atoms with Gasteiger partial charge in [0.1, 0.15) is 6.61 Å². The number of aromatic nitrogens is 2. The molecule has 0 saturated heterocycles. The van der Waals surface area contributed by atoms with Crippen LogP contribution < -0.4 is 4.74 Å². The van der Waals surface area contributed by atoms with Crippen molar-refractivity contribution in [2.24, 2.45) is 0 Å². The molecule has 3 rings (SSSR count). The van der Waals surface area contributed by atoms with Crippen LogP contribution in [0.1, 0.15) is 34.1 Å². The molecule has 0 aliphatic rings. The van der Waals surface area contributed by atoms with Crippen molar-refractivity contribution in [3.8, 4) is 5.75 Å². The maximum atomic E-state index is 12.9. The number of hydrogen-bond acceptors (Lipinski definition) is 5. The van der Waals surface area contributed by atoms with Gasteiger partial charge in [-0.3, -0.25) is 19.6 Å². The van der Waals surface area contributed by atoms with Gasteiger partial charge >= 0.3 is 5.69 Å². The highest BCUT2D eigenvalue weighted by atomic mass is 35.5. The number of halogens is 1. The van der Waals surface area contributed by atoms with Crippen LogP contribution in [0.15, 0.2) is 48.7 Å². The minimum Gasteiger partial charge on any atom is -0.482 e. The van der Waals surface area contributed by atoms with Crippen molar-refractivity contribution < 1.29 is 14.5 Å². The standard InChI is InChI=1S/C22H23ClN4O4/c1-4-26-20(18(23)12-24-26)13-25(3)22(28)17-7-5-6-16(11-17)14-31-21-9-8-15(2)10-19(21)27(29)30/h5-12H,4,13-14H2,1-3H3. The summed E-state index contributed by atoms with van der Waals surface area (Å²) in [6, 6.07) is 11.8. The Hall–Kier alpha value is -3.39. The molecule has 0 N–H and O–H groups in total. The van der Waals surface area contributed by atoms with Crippen molar-refractivity contribution in [3.63, 3.8) is 0 Å². The molecular weight excluding hydrogens is 420 g/mol. The fraction of sp³-hybridized carbons (Fsp3) is 0.273. The fourth-order valence-corrected chi connectivity index (χ4v) is 3.38. The van der Waals surface area contributed by atoms with E-state index in [1.165, 1.54) is 6.07 Å². The molecule has 9 heteroatoms. The van der Waals surface area contributed by atoms with Gasteiger partial charge in [-0.2, -0.15) is 5.10 Å². The first-order valence-corrected chi connectivity index (χ1v) is 10.1. The second-order valence-corrected chi connectivity index (χ2v) is 7.54. The number of rotatable bonds is 8. The van der Waals surface area contributed by atoms with Crippen molar-refractivity contribution in [3.05, 3.63) is 86.2 Å². The van der Waals surface area contributed by atoms with Crippen LogP contribution in [0.5, 0.6) is 5.75 Å². The zero-order valence-electron chi connectivity index (χ0n) is 17.5. The molecule has 0 spiro atoms. The molecule has 162 valence electrons. The number of carbonyl (C=O) groups excluding carboxylic acids is 1. The largest absolute Gasteiger partial charge is 0.482 e. The van der Waals surface area contributed by atoms with E-state index in [-0.39, 0.29) is 24.0 Å². The fourth-order valence-electron chi connectivity index (χ4n) is 3.18. The van der Waals surface area contributed by atoms with Gasteiger partial charge in [0.05, 0.1) is 28.4 Å². The predicted octanol–water partition coefficient (Wildman–Crippen LogP) is 4.62. The zero-order valence-corrected chi connectivity index (χ0v) is 18.3. The Balaban J connectivity index is 1.72. The third kappa shape index (κ3) is 5.21. The lowest BCUT2D eigenvalue weighted by Gasteiger charge is -2.18. The second kappa shape index (κ2) is 9.61. The monoisotopic (exact) mass is 442 g/mol. The van der Waals surface area contributed by atoms with E-state index in [0.717, 1.165) is 16.8 Å². The van der Waals surface area contributed by atoms with E-state index < -0.39 is 4.92 Å². The van der Waals surface area contributed by atoms with Crippen molar-refractivity contribution in [1.29, 1.82) is 0 Å². The number of amides is 1. The Morgan fingerprint density at radius 1 is 1.29 bits per heavy atom. The summed E-state index contributed by atoms with van der Waals surface area (Å²) in [7, 11) is 1.70. The summed E-state index contributed by atoms with van der Waals surface area (Å²) in [4.78, 5) is 25.3. The minimum absolute atomic E-state index is 0.0867. The molecule has 1 aromatic heterocycles. The van der Waals surface area contributed by atoms with Crippen LogP contribution in [0.2, 0.25) is 5.02 Å². The summed E-state index contributed by atoms with van der Waals surface area (Å²) in [5.41, 5.74) is 2.67. The average molecular weight is 443 g/mol. The summed E-state index contributed by atoms with van der Waals surface area (Å²) in [6.07, 6.45) is 1.57. The van der Waals surface area contributed by atoms with Gasteiger partial charge in [0, 0.05) is 25.2 Å². The maximum absolute atomic E-state index is 12.9. The van der Waals surface area contributed by atoms with Crippen LogP contribution in [0, 0.1) is 17.0 Å². The topological polar surface area (TPSA) is 90.5 Å². The van der Waals surface area contributed by atoms with E-state index in [1.54, 1.807) is 66.1 Å². The van der Waals surface area contributed by atoms with Gasteiger partial charge in [0.25, 0.3) is 5.91 Å². The van der Waals surface area contributed by atoms with Gasteiger partial charge in [-0.1, -0.05) is 29.8 Å². The molecule has 31 heavy (non-hydrogen) atoms. The van der Waals surface area contributed by atoms with Crippen molar-refractivity contribution in [1.82, 2.24) is 14.7 Å². The van der Waals surface area contributed by atoms with Crippen molar-refractivity contribution in [2.75, 3.05) is 7.05 Å². The van der Waals surface area contributed by atoms with Gasteiger partial charge in [0.2, 0.25) is 0 Å². The molecule has 0 aliphatic carbocycles. The number of carbonyl (C=O) groups is 1. The molecule has 0 radical (unpaired) electrons. The maximum Gasteiger partial charge on any atom is 0.311 e. The van der Waals surface area contributed by atoms with E-state index in [1.807, 2.05) is 6.92 Å². The number of nitro groups is 1. The van der Waals surface area contributed by atoms with E-state index in [2.05, 4.69) is 5.10 Å². The Labute approximate surface area is 185 Å². The first kappa shape index (κ1) is 22.3. The second-order valence-electron chi connectivity index (χ2n) is 7.13. The third-order valence-electron chi connectivity index (χ3n) is 4.81. The van der Waals surface area contributed by atoms with E-state index in [0.29, 0.717) is 23.7 Å². The lowest BCUT2D eigenvalue weighted by Crippen LogP contribution is -2.27. The number of aryl methyl sites for hydroxylation is 2. The summed E-state index contributed by atoms with van der Waals surface area (Å²) in [6.45, 7) is 4.81. The zero-order chi connectivity index (χ0) is 22.5. The highest BCUT2D eigenvalue weighted by molar-refractivity contribution is 6.31. The Kier molecular flexibility index (Phi) is 6.91. The molecule has 1 amide bonds. The Morgan fingerprint density at radius 3 is 2.77 bits per heavy atom. The highest BCUT2D eigenvalue weighted by Crippen LogP contribution is 2.28. The van der Waals surface area contributed by atoms with Crippen LogP contribution in [-0.4, -0.2) is 32.6 Å².